The number of hydrogen-bond acceptors (Lipinski definition) is 3. The van der Waals surface area contributed by atoms with E-state index in [1.54, 1.807) is 0 Å². The van der Waals surface area contributed by atoms with Gasteiger partial charge in [0.1, 0.15) is 0 Å². The molecule has 106 valence electrons. The number of nitrogens with zero attached hydrogens (tertiary/aromatic N) is 2. The molecule has 1 heterocycles. The maximum absolute atomic E-state index is 11.5. The summed E-state index contributed by atoms with van der Waals surface area (Å²) in [6.07, 6.45) is 5.81. The second-order valence-corrected chi connectivity index (χ2v) is 5.50. The largest absolute Gasteiger partial charge is 0.353 e. The zero-order valence-electron chi connectivity index (χ0n) is 11.9. The Balaban J connectivity index is 1.54. The molecule has 5 nitrogen and oxygen atoms in total. The molecule has 1 aromatic rings. The van der Waals surface area contributed by atoms with E-state index >= 15 is 0 Å². The topological polar surface area (TPSA) is 59.0 Å². The molecule has 0 bridgehead atoms. The number of hydrogen-bond donors (Lipinski definition) is 2. The van der Waals surface area contributed by atoms with Crippen molar-refractivity contribution in [2.45, 2.75) is 58.2 Å². The molecule has 1 amide bonds. The van der Waals surface area contributed by atoms with E-state index in [2.05, 4.69) is 29.6 Å². The van der Waals surface area contributed by atoms with E-state index in [1.807, 2.05) is 16.9 Å². The van der Waals surface area contributed by atoms with Gasteiger partial charge >= 0.3 is 0 Å². The first kappa shape index (κ1) is 14.1. The fraction of sp³-hybridized carbons (Fsp3) is 0.714. The molecular formula is C14H24N4O. The smallest absolute Gasteiger partial charge is 0.220 e. The first-order valence-corrected chi connectivity index (χ1v) is 7.19. The van der Waals surface area contributed by atoms with E-state index in [1.165, 1.54) is 0 Å². The van der Waals surface area contributed by atoms with Gasteiger partial charge in [-0.3, -0.25) is 9.48 Å². The summed E-state index contributed by atoms with van der Waals surface area (Å²) in [6.45, 7) is 5.85. The Morgan fingerprint density at radius 3 is 2.95 bits per heavy atom. The zero-order chi connectivity index (χ0) is 13.7. The molecule has 1 aliphatic rings. The molecule has 0 radical (unpaired) electrons. The van der Waals surface area contributed by atoms with Gasteiger partial charge in [0, 0.05) is 31.2 Å². The van der Waals surface area contributed by atoms with E-state index in [0.29, 0.717) is 18.5 Å². The lowest BCUT2D eigenvalue weighted by molar-refractivity contribution is -0.121. The summed E-state index contributed by atoms with van der Waals surface area (Å²) in [6, 6.07) is 2.91. The molecule has 1 fully saturated rings. The predicted molar refractivity (Wildman–Crippen MR) is 74.7 cm³/mol. The third-order valence-electron chi connectivity index (χ3n) is 3.20. The average Bonchev–Trinajstić information content (AvgIpc) is 3.04. The lowest BCUT2D eigenvalue weighted by Crippen LogP contribution is -2.26. The highest BCUT2D eigenvalue weighted by atomic mass is 16.1. The lowest BCUT2D eigenvalue weighted by Gasteiger charge is -2.05. The maximum atomic E-state index is 11.5. The highest BCUT2D eigenvalue weighted by molar-refractivity contribution is 5.76. The fourth-order valence-electron chi connectivity index (χ4n) is 1.88. The van der Waals surface area contributed by atoms with E-state index < -0.39 is 0 Å². The Bertz CT molecular complexity index is 409. The Morgan fingerprint density at radius 2 is 2.32 bits per heavy atom. The van der Waals surface area contributed by atoms with Crippen LogP contribution in [0.15, 0.2) is 12.3 Å². The Kier molecular flexibility index (Phi) is 4.96. The minimum absolute atomic E-state index is 0.188. The molecule has 0 aromatic carbocycles. The van der Waals surface area contributed by atoms with Crippen LogP contribution in [0.4, 0.5) is 0 Å². The molecular weight excluding hydrogens is 240 g/mol. The molecule has 0 aliphatic heterocycles. The van der Waals surface area contributed by atoms with Crippen LogP contribution in [0, 0.1) is 0 Å². The first-order valence-electron chi connectivity index (χ1n) is 7.19. The van der Waals surface area contributed by atoms with Crippen molar-refractivity contribution < 1.29 is 4.79 Å². The molecule has 0 unspecified atom stereocenters. The van der Waals surface area contributed by atoms with E-state index in [0.717, 1.165) is 38.0 Å². The van der Waals surface area contributed by atoms with Gasteiger partial charge in [0.05, 0.1) is 5.69 Å². The second kappa shape index (κ2) is 6.70. The molecule has 2 rings (SSSR count). The van der Waals surface area contributed by atoms with Crippen LogP contribution < -0.4 is 10.6 Å². The molecule has 2 N–H and O–H groups in total. The summed E-state index contributed by atoms with van der Waals surface area (Å²) >= 11 is 0. The van der Waals surface area contributed by atoms with Crippen molar-refractivity contribution in [2.24, 2.45) is 0 Å². The van der Waals surface area contributed by atoms with Crippen molar-refractivity contribution in [1.82, 2.24) is 20.4 Å². The molecule has 19 heavy (non-hydrogen) atoms. The van der Waals surface area contributed by atoms with Crippen LogP contribution in [0.25, 0.3) is 0 Å². The standard InChI is InChI=1S/C14H24N4O/c1-11(2)18-9-7-13(17-18)10-15-8-3-4-14(19)16-12-5-6-12/h7,9,11-12,15H,3-6,8,10H2,1-2H3,(H,16,19). The van der Waals surface area contributed by atoms with Crippen LogP contribution in [-0.4, -0.2) is 28.3 Å². The van der Waals surface area contributed by atoms with Gasteiger partial charge in [-0.1, -0.05) is 0 Å². The van der Waals surface area contributed by atoms with Crippen molar-refractivity contribution in [3.05, 3.63) is 18.0 Å². The quantitative estimate of drug-likeness (QED) is 0.701. The first-order chi connectivity index (χ1) is 9.15. The zero-order valence-corrected chi connectivity index (χ0v) is 11.9. The molecule has 5 heteroatoms. The highest BCUT2D eigenvalue weighted by Crippen LogP contribution is 2.18. The van der Waals surface area contributed by atoms with Gasteiger partial charge in [0.2, 0.25) is 5.91 Å². The van der Waals surface area contributed by atoms with Crippen LogP contribution in [0.2, 0.25) is 0 Å². The summed E-state index contributed by atoms with van der Waals surface area (Å²) in [5, 5.41) is 10.8. The summed E-state index contributed by atoms with van der Waals surface area (Å²) in [5.41, 5.74) is 1.05. The van der Waals surface area contributed by atoms with E-state index in [4.69, 9.17) is 0 Å². The Morgan fingerprint density at radius 1 is 1.53 bits per heavy atom. The van der Waals surface area contributed by atoms with E-state index in [-0.39, 0.29) is 5.91 Å². The summed E-state index contributed by atoms with van der Waals surface area (Å²) in [4.78, 5) is 11.5. The molecule has 0 saturated heterocycles. The number of carbonyl (C=O) groups excluding carboxylic acids is 1. The van der Waals surface area contributed by atoms with Crippen molar-refractivity contribution in [3.8, 4) is 0 Å². The minimum atomic E-state index is 0.188. The predicted octanol–water partition coefficient (Wildman–Crippen LogP) is 1.61. The van der Waals surface area contributed by atoms with Crippen LogP contribution in [0.3, 0.4) is 0 Å². The number of rotatable bonds is 8. The third kappa shape index (κ3) is 5.03. The molecule has 1 aliphatic carbocycles. The van der Waals surface area contributed by atoms with Gasteiger partial charge in [0.25, 0.3) is 0 Å². The van der Waals surface area contributed by atoms with Crippen molar-refractivity contribution >= 4 is 5.91 Å². The van der Waals surface area contributed by atoms with Crippen molar-refractivity contribution in [1.29, 1.82) is 0 Å². The Hall–Kier alpha value is -1.36. The summed E-state index contributed by atoms with van der Waals surface area (Å²) < 4.78 is 1.96. The van der Waals surface area contributed by atoms with Gasteiger partial charge in [-0.15, -0.1) is 0 Å². The number of carbonyl (C=O) groups is 1. The second-order valence-electron chi connectivity index (χ2n) is 5.50. The van der Waals surface area contributed by atoms with Crippen LogP contribution in [0.5, 0.6) is 0 Å². The van der Waals surface area contributed by atoms with Crippen LogP contribution in [0.1, 0.15) is 51.3 Å². The molecule has 0 atom stereocenters. The molecule has 0 spiro atoms. The fourth-order valence-corrected chi connectivity index (χ4v) is 1.88. The van der Waals surface area contributed by atoms with Crippen LogP contribution >= 0.6 is 0 Å². The average molecular weight is 264 g/mol. The van der Waals surface area contributed by atoms with Crippen molar-refractivity contribution in [3.63, 3.8) is 0 Å². The highest BCUT2D eigenvalue weighted by Gasteiger charge is 2.22. The van der Waals surface area contributed by atoms with Gasteiger partial charge in [-0.25, -0.2) is 0 Å². The van der Waals surface area contributed by atoms with E-state index in [9.17, 15) is 4.79 Å². The lowest BCUT2D eigenvalue weighted by atomic mass is 10.3. The minimum Gasteiger partial charge on any atom is -0.353 e. The molecule has 1 saturated carbocycles. The summed E-state index contributed by atoms with van der Waals surface area (Å²) in [7, 11) is 0. The summed E-state index contributed by atoms with van der Waals surface area (Å²) in [5.74, 6) is 0.188. The van der Waals surface area contributed by atoms with Crippen LogP contribution in [-0.2, 0) is 11.3 Å². The number of aromatic nitrogens is 2. The normalized spacial score (nSPS) is 14.9. The van der Waals surface area contributed by atoms with Gasteiger partial charge < -0.3 is 10.6 Å². The SMILES string of the molecule is CC(C)n1ccc(CNCCCC(=O)NC2CC2)n1. The van der Waals surface area contributed by atoms with Crippen molar-refractivity contribution in [2.75, 3.05) is 6.54 Å². The Labute approximate surface area is 114 Å². The van der Waals surface area contributed by atoms with Gasteiger partial charge in [-0.05, 0) is 45.7 Å². The van der Waals surface area contributed by atoms with Gasteiger partial charge in [-0.2, -0.15) is 5.10 Å². The third-order valence-corrected chi connectivity index (χ3v) is 3.20. The monoisotopic (exact) mass is 264 g/mol. The maximum Gasteiger partial charge on any atom is 0.220 e. The number of amides is 1. The van der Waals surface area contributed by atoms with Gasteiger partial charge in [0.15, 0.2) is 0 Å². The number of nitrogens with one attached hydrogen (secondary N) is 2. The molecule has 1 aromatic heterocycles.